The third-order valence-corrected chi connectivity index (χ3v) is 7.09. The third kappa shape index (κ3) is 20.4. The maximum atomic E-state index is 9.38. The fourth-order valence-corrected chi connectivity index (χ4v) is 4.42. The summed E-state index contributed by atoms with van der Waals surface area (Å²) in [5.41, 5.74) is 6.17. The van der Waals surface area contributed by atoms with Crippen LogP contribution < -0.4 is 0 Å². The molecule has 0 spiro atoms. The van der Waals surface area contributed by atoms with Gasteiger partial charge < -0.3 is 20.4 Å². The van der Waals surface area contributed by atoms with Gasteiger partial charge in [-0.25, -0.2) is 0 Å². The summed E-state index contributed by atoms with van der Waals surface area (Å²) in [4.78, 5) is 0. The Morgan fingerprint density at radius 3 is 1.25 bits per heavy atom. The molecule has 0 radical (unpaired) electrons. The first-order valence-electron chi connectivity index (χ1n) is 19.1. The van der Waals surface area contributed by atoms with Gasteiger partial charge >= 0.3 is 0 Å². The van der Waals surface area contributed by atoms with E-state index in [4.69, 9.17) is 10.2 Å². The van der Waals surface area contributed by atoms with Crippen molar-refractivity contribution >= 4 is 10.8 Å². The molecule has 0 aliphatic carbocycles. The summed E-state index contributed by atoms with van der Waals surface area (Å²) < 4.78 is 0. The number of hydrogen-bond acceptors (Lipinski definition) is 4. The molecule has 0 aliphatic rings. The van der Waals surface area contributed by atoms with Crippen molar-refractivity contribution in [2.45, 2.75) is 102 Å². The molecule has 0 bridgehead atoms. The Kier molecular flexibility index (Phi) is 28.6. The predicted molar refractivity (Wildman–Crippen MR) is 234 cm³/mol. The predicted octanol–water partition coefficient (Wildman–Crippen LogP) is 15.0. The number of benzene rings is 6. The smallest absolute Gasteiger partial charge is 0.123 e. The first-order valence-corrected chi connectivity index (χ1v) is 19.1. The van der Waals surface area contributed by atoms with Gasteiger partial charge in [-0.3, -0.25) is 0 Å². The average molecular weight is 721 g/mol. The molecule has 6 rings (SSSR count). The summed E-state index contributed by atoms with van der Waals surface area (Å²) in [5, 5.41) is 38.2. The Labute approximate surface area is 322 Å². The van der Waals surface area contributed by atoms with Gasteiger partial charge in [0.15, 0.2) is 0 Å². The first-order chi connectivity index (χ1) is 25.5. The highest BCUT2D eigenvalue weighted by Crippen LogP contribution is 2.27. The van der Waals surface area contributed by atoms with Crippen LogP contribution in [-0.2, 0) is 0 Å². The van der Waals surface area contributed by atoms with Crippen molar-refractivity contribution in [2.24, 2.45) is 0 Å². The van der Waals surface area contributed by atoms with Crippen LogP contribution in [0.25, 0.3) is 21.9 Å². The van der Waals surface area contributed by atoms with Crippen LogP contribution in [0.15, 0.2) is 140 Å². The Bertz CT molecular complexity index is 1710. The lowest BCUT2D eigenvalue weighted by Gasteiger charge is -2.07. The van der Waals surface area contributed by atoms with Crippen LogP contribution >= 0.6 is 0 Å². The van der Waals surface area contributed by atoms with Gasteiger partial charge in [-0.05, 0) is 94.4 Å². The number of phenols is 4. The van der Waals surface area contributed by atoms with Crippen molar-refractivity contribution in [2.75, 3.05) is 0 Å². The second kappa shape index (κ2) is 30.4. The summed E-state index contributed by atoms with van der Waals surface area (Å²) in [6.07, 6.45) is 0. The minimum absolute atomic E-state index is 0.170. The van der Waals surface area contributed by atoms with E-state index in [9.17, 15) is 10.2 Å². The molecule has 0 saturated carbocycles. The molecule has 0 fully saturated rings. The average Bonchev–Trinajstić information content (AvgIpc) is 3.20. The number of aromatic hydroxyl groups is 4. The van der Waals surface area contributed by atoms with Crippen LogP contribution in [0.2, 0.25) is 0 Å². The number of phenolic OH excluding ortho intramolecular Hbond substituents is 4. The van der Waals surface area contributed by atoms with E-state index in [1.807, 2.05) is 98.7 Å². The first kappa shape index (κ1) is 49.9. The van der Waals surface area contributed by atoms with Crippen molar-refractivity contribution in [1.29, 1.82) is 0 Å². The fraction of sp³-hybridized carbons (Fsp3) is 0.306. The fourth-order valence-electron chi connectivity index (χ4n) is 4.42. The van der Waals surface area contributed by atoms with E-state index in [2.05, 4.69) is 76.2 Å². The summed E-state index contributed by atoms with van der Waals surface area (Å²) in [6, 6.07) is 43.7. The summed E-state index contributed by atoms with van der Waals surface area (Å²) >= 11 is 0. The van der Waals surface area contributed by atoms with Gasteiger partial charge in [-0.2, -0.15) is 0 Å². The Balaban J connectivity index is 0. The molecule has 6 aromatic carbocycles. The molecule has 4 heteroatoms. The minimum atomic E-state index is 0.170. The molecule has 0 saturated heterocycles. The zero-order valence-electron chi connectivity index (χ0n) is 34.7. The zero-order valence-corrected chi connectivity index (χ0v) is 34.7. The molecule has 4 nitrogen and oxygen atoms in total. The Morgan fingerprint density at radius 1 is 0.377 bits per heavy atom. The van der Waals surface area contributed by atoms with Gasteiger partial charge in [0.25, 0.3) is 0 Å². The Morgan fingerprint density at radius 2 is 0.811 bits per heavy atom. The number of rotatable bonds is 3. The molecular weight excluding hydrogens is 653 g/mol. The lowest BCUT2D eigenvalue weighted by Crippen LogP contribution is -1.86. The van der Waals surface area contributed by atoms with E-state index in [1.54, 1.807) is 54.6 Å². The lowest BCUT2D eigenvalue weighted by atomic mass is 9.99. The molecule has 4 N–H and O–H groups in total. The van der Waals surface area contributed by atoms with E-state index in [1.165, 1.54) is 16.7 Å². The highest BCUT2D eigenvalue weighted by molar-refractivity contribution is 5.89. The second-order valence-corrected chi connectivity index (χ2v) is 11.4. The van der Waals surface area contributed by atoms with Crippen LogP contribution in [0, 0.1) is 6.92 Å². The van der Waals surface area contributed by atoms with Gasteiger partial charge in [0.2, 0.25) is 0 Å². The van der Waals surface area contributed by atoms with E-state index in [0.29, 0.717) is 28.7 Å². The molecule has 288 valence electrons. The zero-order chi connectivity index (χ0) is 40.8. The molecule has 0 amide bonds. The van der Waals surface area contributed by atoms with E-state index in [0.717, 1.165) is 16.5 Å². The highest BCUT2D eigenvalue weighted by Gasteiger charge is 2.01. The molecule has 0 unspecified atom stereocenters. The second-order valence-electron chi connectivity index (χ2n) is 11.4. The summed E-state index contributed by atoms with van der Waals surface area (Å²) in [7, 11) is 0. The standard InChI is InChI=1S/C15H16O.C10H8O2.C9H12.C7H8O.4C2H6/c1-11(2)12-3-5-13(6-4-12)14-7-9-15(16)10-8-14;11-8-5-4-7-2-1-3-10(12)9(7)6-8;1-8(2)9-6-4-3-5-7-9;1-6-3-2-4-7(8)5-6;4*1-2/h3-11,16H,1-2H3;1-6,11-12H;3-8H,1-2H3;2-5,8H,1H3;4*1-2H3. The van der Waals surface area contributed by atoms with Crippen molar-refractivity contribution in [3.8, 4) is 34.1 Å². The summed E-state index contributed by atoms with van der Waals surface area (Å²) in [5.74, 6) is 2.24. The van der Waals surface area contributed by atoms with Crippen molar-refractivity contribution < 1.29 is 20.4 Å². The molecule has 0 aliphatic heterocycles. The maximum Gasteiger partial charge on any atom is 0.123 e. The third-order valence-electron chi connectivity index (χ3n) is 7.09. The number of aryl methyl sites for hydroxylation is 1. The quantitative estimate of drug-likeness (QED) is 0.147. The van der Waals surface area contributed by atoms with Gasteiger partial charge in [0, 0.05) is 5.39 Å². The Hall–Kier alpha value is -5.22. The number of fused-ring (bicyclic) bond motifs is 1. The lowest BCUT2D eigenvalue weighted by molar-refractivity contribution is 0.471. The maximum absolute atomic E-state index is 9.38. The van der Waals surface area contributed by atoms with Gasteiger partial charge in [0.05, 0.1) is 0 Å². The molecule has 53 heavy (non-hydrogen) atoms. The minimum Gasteiger partial charge on any atom is -0.508 e. The molecule has 0 heterocycles. The van der Waals surface area contributed by atoms with Gasteiger partial charge in [-0.15, -0.1) is 0 Å². The van der Waals surface area contributed by atoms with Crippen LogP contribution in [0.1, 0.15) is 112 Å². The van der Waals surface area contributed by atoms with E-state index >= 15 is 0 Å². The molecule has 0 aromatic heterocycles. The SMILES string of the molecule is CC.CC.CC.CC.CC(C)c1ccc(-c2ccc(O)cc2)cc1.CC(C)c1ccccc1.Cc1cccc(O)c1.Oc1ccc2cccc(O)c2c1. The highest BCUT2D eigenvalue weighted by atomic mass is 16.3. The van der Waals surface area contributed by atoms with Gasteiger partial charge in [-0.1, -0.05) is 180 Å². The van der Waals surface area contributed by atoms with Crippen molar-refractivity contribution in [3.05, 3.63) is 156 Å². The van der Waals surface area contributed by atoms with Crippen LogP contribution in [0.4, 0.5) is 0 Å². The monoisotopic (exact) mass is 721 g/mol. The molecular formula is C49H68O4. The summed E-state index contributed by atoms with van der Waals surface area (Å²) in [6.45, 7) is 26.7. The van der Waals surface area contributed by atoms with Gasteiger partial charge in [0.1, 0.15) is 23.0 Å². The van der Waals surface area contributed by atoms with Crippen molar-refractivity contribution in [1.82, 2.24) is 0 Å². The topological polar surface area (TPSA) is 80.9 Å². The molecule has 6 aromatic rings. The van der Waals surface area contributed by atoms with Crippen LogP contribution in [-0.4, -0.2) is 20.4 Å². The van der Waals surface area contributed by atoms with E-state index in [-0.39, 0.29) is 11.5 Å². The van der Waals surface area contributed by atoms with Crippen LogP contribution in [0.3, 0.4) is 0 Å². The normalized spacial score (nSPS) is 9.11. The number of hydrogen-bond donors (Lipinski definition) is 4. The van der Waals surface area contributed by atoms with E-state index < -0.39 is 0 Å². The molecule has 0 atom stereocenters. The van der Waals surface area contributed by atoms with Crippen LogP contribution in [0.5, 0.6) is 23.0 Å². The van der Waals surface area contributed by atoms with Crippen molar-refractivity contribution in [3.63, 3.8) is 0 Å². The largest absolute Gasteiger partial charge is 0.508 e.